The molecule has 3 aliphatic heterocycles. The average molecular weight is 443 g/mol. The number of halogens is 2. The lowest BCUT2D eigenvalue weighted by Crippen LogP contribution is -2.42. The van der Waals surface area contributed by atoms with Gasteiger partial charge in [0.25, 0.3) is 0 Å². The SMILES string of the molecule is CCOCC1CCN(C2COC3(CCN(Sc4ccc(OC(F)F)cc4)CC3)C2)C1. The van der Waals surface area contributed by atoms with Gasteiger partial charge in [0.1, 0.15) is 5.75 Å². The Morgan fingerprint density at radius 2 is 1.97 bits per heavy atom. The van der Waals surface area contributed by atoms with Crippen molar-refractivity contribution >= 4 is 11.9 Å². The molecule has 0 bridgehead atoms. The highest BCUT2D eigenvalue weighted by Crippen LogP contribution is 2.41. The van der Waals surface area contributed by atoms with Crippen LogP contribution in [0.25, 0.3) is 0 Å². The average Bonchev–Trinajstić information content (AvgIpc) is 3.37. The first-order valence-electron chi connectivity index (χ1n) is 11.0. The van der Waals surface area contributed by atoms with Crippen molar-refractivity contribution in [2.75, 3.05) is 46.0 Å². The van der Waals surface area contributed by atoms with Crippen LogP contribution in [0.1, 0.15) is 32.6 Å². The number of rotatable bonds is 8. The van der Waals surface area contributed by atoms with Gasteiger partial charge in [-0.25, -0.2) is 4.31 Å². The first kappa shape index (κ1) is 22.3. The fourth-order valence-electron chi connectivity index (χ4n) is 4.83. The van der Waals surface area contributed by atoms with E-state index in [1.807, 2.05) is 12.1 Å². The molecular weight excluding hydrogens is 410 g/mol. The summed E-state index contributed by atoms with van der Waals surface area (Å²) in [5, 5.41) is 0. The lowest BCUT2D eigenvalue weighted by Gasteiger charge is -2.38. The van der Waals surface area contributed by atoms with E-state index in [0.717, 1.165) is 70.2 Å². The molecule has 3 saturated heterocycles. The van der Waals surface area contributed by atoms with Crippen molar-refractivity contribution in [2.24, 2.45) is 5.92 Å². The van der Waals surface area contributed by atoms with Crippen molar-refractivity contribution in [3.63, 3.8) is 0 Å². The molecule has 0 saturated carbocycles. The van der Waals surface area contributed by atoms with Crippen LogP contribution in [0.3, 0.4) is 0 Å². The van der Waals surface area contributed by atoms with Gasteiger partial charge in [-0.1, -0.05) is 0 Å². The molecule has 1 aromatic rings. The van der Waals surface area contributed by atoms with Crippen LogP contribution in [0.2, 0.25) is 0 Å². The third-order valence-electron chi connectivity index (χ3n) is 6.50. The maximum absolute atomic E-state index is 12.3. The molecule has 3 aliphatic rings. The minimum atomic E-state index is -2.78. The number of nitrogens with zero attached hydrogens (tertiary/aromatic N) is 2. The highest BCUT2D eigenvalue weighted by Gasteiger charge is 2.45. The minimum absolute atomic E-state index is 0.0225. The lowest BCUT2D eigenvalue weighted by molar-refractivity contribution is -0.0498. The summed E-state index contributed by atoms with van der Waals surface area (Å²) in [6, 6.07) is 7.40. The second-order valence-electron chi connectivity index (χ2n) is 8.53. The first-order valence-corrected chi connectivity index (χ1v) is 11.8. The van der Waals surface area contributed by atoms with E-state index in [2.05, 4.69) is 20.9 Å². The predicted molar refractivity (Wildman–Crippen MR) is 113 cm³/mol. The molecule has 1 aromatic carbocycles. The van der Waals surface area contributed by atoms with Gasteiger partial charge in [0.05, 0.1) is 18.8 Å². The summed E-state index contributed by atoms with van der Waals surface area (Å²) < 4.78 is 43.3. The van der Waals surface area contributed by atoms with Gasteiger partial charge in [0.2, 0.25) is 0 Å². The summed E-state index contributed by atoms with van der Waals surface area (Å²) >= 11 is 1.68. The first-order chi connectivity index (χ1) is 14.5. The highest BCUT2D eigenvalue weighted by atomic mass is 32.2. The topological polar surface area (TPSA) is 34.2 Å². The van der Waals surface area contributed by atoms with Crippen LogP contribution in [0.5, 0.6) is 5.75 Å². The molecule has 4 rings (SSSR count). The normalized spacial score (nSPS) is 27.3. The molecule has 1 spiro atoms. The van der Waals surface area contributed by atoms with Crippen LogP contribution < -0.4 is 4.74 Å². The van der Waals surface area contributed by atoms with E-state index in [0.29, 0.717) is 12.0 Å². The lowest BCUT2D eigenvalue weighted by atomic mass is 9.88. The van der Waals surface area contributed by atoms with Gasteiger partial charge < -0.3 is 14.2 Å². The maximum Gasteiger partial charge on any atom is 0.387 e. The number of piperidine rings is 1. The third kappa shape index (κ3) is 5.65. The van der Waals surface area contributed by atoms with Crippen molar-refractivity contribution in [1.82, 2.24) is 9.21 Å². The Morgan fingerprint density at radius 3 is 2.67 bits per heavy atom. The van der Waals surface area contributed by atoms with Gasteiger partial charge in [0, 0.05) is 37.2 Å². The van der Waals surface area contributed by atoms with E-state index in [1.165, 1.54) is 6.42 Å². The molecule has 5 nitrogen and oxygen atoms in total. The predicted octanol–water partition coefficient (Wildman–Crippen LogP) is 4.28. The molecule has 2 atom stereocenters. The Labute approximate surface area is 182 Å². The Kier molecular flexibility index (Phi) is 7.52. The van der Waals surface area contributed by atoms with Crippen LogP contribution in [-0.4, -0.2) is 73.5 Å². The second-order valence-corrected chi connectivity index (χ2v) is 9.70. The van der Waals surface area contributed by atoms with Crippen LogP contribution in [-0.2, 0) is 9.47 Å². The maximum atomic E-state index is 12.3. The van der Waals surface area contributed by atoms with Crippen LogP contribution >= 0.6 is 11.9 Å². The summed E-state index contributed by atoms with van der Waals surface area (Å²) in [5.74, 6) is 0.861. The molecule has 2 unspecified atom stereocenters. The van der Waals surface area contributed by atoms with Crippen molar-refractivity contribution in [1.29, 1.82) is 0 Å². The van der Waals surface area contributed by atoms with Gasteiger partial charge in [-0.2, -0.15) is 8.78 Å². The molecule has 3 fully saturated rings. The van der Waals surface area contributed by atoms with Crippen LogP contribution in [0.15, 0.2) is 29.2 Å². The summed E-state index contributed by atoms with van der Waals surface area (Å²) in [6.45, 7) is 6.05. The molecular formula is C22H32F2N2O3S. The van der Waals surface area contributed by atoms with E-state index in [4.69, 9.17) is 9.47 Å². The highest BCUT2D eigenvalue weighted by molar-refractivity contribution is 7.97. The number of ether oxygens (including phenoxy) is 3. The van der Waals surface area contributed by atoms with E-state index < -0.39 is 6.61 Å². The number of hydrogen-bond acceptors (Lipinski definition) is 6. The van der Waals surface area contributed by atoms with E-state index in [1.54, 1.807) is 24.1 Å². The standard InChI is InChI=1S/C22H32F2N2O3S/c1-2-27-15-17-7-10-25(14-17)18-13-22(28-16-18)8-11-26(12-9-22)30-20-5-3-19(4-6-20)29-21(23)24/h3-6,17-18,21H,2,7-16H2,1H3. The fraction of sp³-hybridized carbons (Fsp3) is 0.727. The van der Waals surface area contributed by atoms with E-state index >= 15 is 0 Å². The third-order valence-corrected chi connectivity index (χ3v) is 7.60. The van der Waals surface area contributed by atoms with Crippen LogP contribution in [0, 0.1) is 5.92 Å². The van der Waals surface area contributed by atoms with Crippen molar-refractivity contribution in [3.05, 3.63) is 24.3 Å². The van der Waals surface area contributed by atoms with Crippen molar-refractivity contribution < 1.29 is 23.0 Å². The molecule has 8 heteroatoms. The number of benzene rings is 1. The van der Waals surface area contributed by atoms with Gasteiger partial charge in [0.15, 0.2) is 0 Å². The summed E-state index contributed by atoms with van der Waals surface area (Å²) in [5.41, 5.74) is 0.0225. The molecule has 0 N–H and O–H groups in total. The zero-order valence-corrected chi connectivity index (χ0v) is 18.4. The number of likely N-dealkylation sites (tertiary alicyclic amines) is 1. The smallest absolute Gasteiger partial charge is 0.387 e. The number of hydrogen-bond donors (Lipinski definition) is 0. The Morgan fingerprint density at radius 1 is 1.20 bits per heavy atom. The van der Waals surface area contributed by atoms with Crippen LogP contribution in [0.4, 0.5) is 8.78 Å². The van der Waals surface area contributed by atoms with Gasteiger partial charge in [-0.05, 0) is 81.3 Å². The molecule has 3 heterocycles. The summed E-state index contributed by atoms with van der Waals surface area (Å²) in [7, 11) is 0. The molecule has 0 amide bonds. The quantitative estimate of drug-likeness (QED) is 0.559. The second kappa shape index (κ2) is 10.1. The van der Waals surface area contributed by atoms with Gasteiger partial charge in [-0.3, -0.25) is 4.90 Å². The minimum Gasteiger partial charge on any atom is -0.435 e. The Balaban J connectivity index is 1.22. The zero-order chi connectivity index (χ0) is 21.0. The van der Waals surface area contributed by atoms with E-state index in [-0.39, 0.29) is 11.4 Å². The zero-order valence-electron chi connectivity index (χ0n) is 17.6. The molecule has 0 radical (unpaired) electrons. The Bertz CT molecular complexity index is 671. The Hall–Kier alpha value is -0.930. The molecule has 30 heavy (non-hydrogen) atoms. The summed E-state index contributed by atoms with van der Waals surface area (Å²) in [6.07, 6.45) is 4.44. The van der Waals surface area contributed by atoms with Crippen molar-refractivity contribution in [2.45, 2.75) is 55.8 Å². The molecule has 0 aromatic heterocycles. The summed E-state index contributed by atoms with van der Waals surface area (Å²) in [4.78, 5) is 3.65. The molecule has 168 valence electrons. The van der Waals surface area contributed by atoms with Gasteiger partial charge in [-0.15, -0.1) is 0 Å². The van der Waals surface area contributed by atoms with Gasteiger partial charge >= 0.3 is 6.61 Å². The van der Waals surface area contributed by atoms with Crippen molar-refractivity contribution in [3.8, 4) is 5.75 Å². The molecule has 0 aliphatic carbocycles. The number of alkyl halides is 2. The largest absolute Gasteiger partial charge is 0.435 e. The van der Waals surface area contributed by atoms with E-state index in [9.17, 15) is 8.78 Å². The fourth-order valence-corrected chi connectivity index (χ4v) is 5.76. The monoisotopic (exact) mass is 442 g/mol.